The normalized spacial score (nSPS) is 14.3. The van der Waals surface area contributed by atoms with E-state index in [1.807, 2.05) is 65.6 Å². The smallest absolute Gasteiger partial charge is 0.251 e. The summed E-state index contributed by atoms with van der Waals surface area (Å²) in [6.07, 6.45) is 1.64. The highest BCUT2D eigenvalue weighted by Gasteiger charge is 2.21. The quantitative estimate of drug-likeness (QED) is 0.412. The van der Waals surface area contributed by atoms with Crippen molar-refractivity contribution in [3.8, 4) is 0 Å². The topological polar surface area (TPSA) is 72.9 Å². The monoisotopic (exact) mass is 485 g/mol. The Morgan fingerprint density at radius 1 is 0.917 bits per heavy atom. The maximum Gasteiger partial charge on any atom is 0.251 e. The first kappa shape index (κ1) is 25.6. The molecule has 36 heavy (non-hydrogen) atoms. The molecule has 6 heteroatoms. The molecule has 1 aliphatic rings. The molecule has 0 radical (unpaired) electrons. The van der Waals surface area contributed by atoms with Crippen LogP contribution in [0.2, 0.25) is 0 Å². The van der Waals surface area contributed by atoms with Crippen molar-refractivity contribution >= 4 is 11.8 Å². The van der Waals surface area contributed by atoms with Crippen LogP contribution in [-0.2, 0) is 17.8 Å². The maximum absolute atomic E-state index is 12.7. The van der Waals surface area contributed by atoms with Gasteiger partial charge in [-0.3, -0.25) is 14.5 Å². The summed E-state index contributed by atoms with van der Waals surface area (Å²) in [6.45, 7) is 3.39. The molecule has 1 atom stereocenters. The summed E-state index contributed by atoms with van der Waals surface area (Å²) < 4.78 is 0. The molecule has 2 N–H and O–H groups in total. The van der Waals surface area contributed by atoms with Crippen molar-refractivity contribution in [2.45, 2.75) is 31.9 Å². The zero-order valence-electron chi connectivity index (χ0n) is 20.7. The van der Waals surface area contributed by atoms with Gasteiger partial charge in [-0.1, -0.05) is 72.8 Å². The number of hydrogen-bond donors (Lipinski definition) is 2. The third-order valence-corrected chi connectivity index (χ3v) is 6.54. The fraction of sp³-hybridized carbons (Fsp3) is 0.333. The summed E-state index contributed by atoms with van der Waals surface area (Å²) in [5.74, 6) is 0.00911. The lowest BCUT2D eigenvalue weighted by Gasteiger charge is -2.27. The van der Waals surface area contributed by atoms with Crippen molar-refractivity contribution in [1.29, 1.82) is 0 Å². The molecule has 0 saturated carbocycles. The molecule has 6 nitrogen and oxygen atoms in total. The van der Waals surface area contributed by atoms with Crippen molar-refractivity contribution in [3.63, 3.8) is 0 Å². The number of benzene rings is 3. The minimum Gasteiger partial charge on any atom is -0.390 e. The maximum atomic E-state index is 12.7. The number of hydrogen-bond acceptors (Lipinski definition) is 4. The van der Waals surface area contributed by atoms with Crippen molar-refractivity contribution < 1.29 is 14.7 Å². The second-order valence-electron chi connectivity index (χ2n) is 9.43. The molecule has 1 unspecified atom stereocenters. The molecule has 0 spiro atoms. The molecule has 2 amide bonds. The molecule has 4 rings (SSSR count). The van der Waals surface area contributed by atoms with Gasteiger partial charge >= 0.3 is 0 Å². The Balaban J connectivity index is 1.27. The number of aliphatic hydroxyl groups is 1. The van der Waals surface area contributed by atoms with Gasteiger partial charge in [0.2, 0.25) is 5.91 Å². The number of nitrogens with one attached hydrogen (secondary N) is 1. The summed E-state index contributed by atoms with van der Waals surface area (Å²) in [6, 6.07) is 27.9. The fourth-order valence-electron chi connectivity index (χ4n) is 4.56. The van der Waals surface area contributed by atoms with E-state index in [0.717, 1.165) is 30.5 Å². The Labute approximate surface area is 213 Å². The SMILES string of the molecule is O=C(NCC(O)CN(CCN1CCCC1=O)Cc1ccccc1)c1ccc(Cc2ccccc2)cc1. The Hall–Kier alpha value is -3.48. The third kappa shape index (κ3) is 7.77. The first-order valence-electron chi connectivity index (χ1n) is 12.7. The lowest BCUT2D eigenvalue weighted by molar-refractivity contribution is -0.127. The van der Waals surface area contributed by atoms with Crippen molar-refractivity contribution in [1.82, 2.24) is 15.1 Å². The molecule has 188 valence electrons. The lowest BCUT2D eigenvalue weighted by Crippen LogP contribution is -2.42. The van der Waals surface area contributed by atoms with E-state index in [4.69, 9.17) is 0 Å². The van der Waals surface area contributed by atoms with E-state index in [1.54, 1.807) is 0 Å². The van der Waals surface area contributed by atoms with E-state index in [0.29, 0.717) is 38.2 Å². The Bertz CT molecular complexity index is 1100. The van der Waals surface area contributed by atoms with Crippen LogP contribution in [0.25, 0.3) is 0 Å². The van der Waals surface area contributed by atoms with E-state index >= 15 is 0 Å². The number of carbonyl (C=O) groups excluding carboxylic acids is 2. The van der Waals surface area contributed by atoms with Crippen molar-refractivity contribution in [2.24, 2.45) is 0 Å². The van der Waals surface area contributed by atoms with Crippen LogP contribution in [0.15, 0.2) is 84.9 Å². The average molecular weight is 486 g/mol. The number of likely N-dealkylation sites (tertiary alicyclic amines) is 1. The second kappa shape index (κ2) is 13.0. The average Bonchev–Trinajstić information content (AvgIpc) is 3.32. The molecule has 1 fully saturated rings. The highest BCUT2D eigenvalue weighted by atomic mass is 16.3. The number of aliphatic hydroxyl groups excluding tert-OH is 1. The molecule has 0 aliphatic carbocycles. The van der Waals surface area contributed by atoms with Gasteiger partial charge in [0.05, 0.1) is 6.10 Å². The first-order chi connectivity index (χ1) is 17.6. The molecular formula is C30H35N3O3. The van der Waals surface area contributed by atoms with Crippen LogP contribution in [0, 0.1) is 0 Å². The molecule has 1 heterocycles. The number of amides is 2. The van der Waals surface area contributed by atoms with E-state index in [1.165, 1.54) is 5.56 Å². The van der Waals surface area contributed by atoms with Crippen LogP contribution >= 0.6 is 0 Å². The fourth-order valence-corrected chi connectivity index (χ4v) is 4.56. The van der Waals surface area contributed by atoms with Crippen molar-refractivity contribution in [2.75, 3.05) is 32.7 Å². The zero-order valence-corrected chi connectivity index (χ0v) is 20.7. The summed E-state index contributed by atoms with van der Waals surface area (Å²) in [7, 11) is 0. The van der Waals surface area contributed by atoms with E-state index < -0.39 is 6.10 Å². The molecule has 1 aliphatic heterocycles. The summed E-state index contributed by atoms with van der Waals surface area (Å²) >= 11 is 0. The van der Waals surface area contributed by atoms with Crippen molar-refractivity contribution in [3.05, 3.63) is 107 Å². The predicted molar refractivity (Wildman–Crippen MR) is 142 cm³/mol. The largest absolute Gasteiger partial charge is 0.390 e. The zero-order chi connectivity index (χ0) is 25.2. The number of nitrogens with zero attached hydrogens (tertiary/aromatic N) is 2. The van der Waals surface area contributed by atoms with E-state index in [2.05, 4.69) is 34.5 Å². The Kier molecular flexibility index (Phi) is 9.25. The molecule has 0 bridgehead atoms. The van der Waals surface area contributed by atoms with Gasteiger partial charge in [-0.25, -0.2) is 0 Å². The molecule has 3 aromatic rings. The third-order valence-electron chi connectivity index (χ3n) is 6.54. The Morgan fingerprint density at radius 2 is 1.56 bits per heavy atom. The van der Waals surface area contributed by atoms with Gasteiger partial charge in [0.1, 0.15) is 0 Å². The van der Waals surface area contributed by atoms with Crippen LogP contribution in [0.5, 0.6) is 0 Å². The van der Waals surface area contributed by atoms with Gasteiger partial charge in [-0.15, -0.1) is 0 Å². The highest BCUT2D eigenvalue weighted by Crippen LogP contribution is 2.12. The molecule has 3 aromatic carbocycles. The second-order valence-corrected chi connectivity index (χ2v) is 9.43. The highest BCUT2D eigenvalue weighted by molar-refractivity contribution is 5.94. The lowest BCUT2D eigenvalue weighted by atomic mass is 10.0. The first-order valence-corrected chi connectivity index (χ1v) is 12.7. The number of carbonyl (C=O) groups is 2. The minimum absolute atomic E-state index is 0.165. The van der Waals surface area contributed by atoms with Gasteiger partial charge in [-0.05, 0) is 41.7 Å². The van der Waals surface area contributed by atoms with Gasteiger partial charge < -0.3 is 15.3 Å². The Morgan fingerprint density at radius 3 is 2.19 bits per heavy atom. The van der Waals surface area contributed by atoms with Crippen LogP contribution in [0.4, 0.5) is 0 Å². The molecule has 0 aromatic heterocycles. The van der Waals surface area contributed by atoms with Gasteiger partial charge in [0, 0.05) is 51.3 Å². The van der Waals surface area contributed by atoms with Crippen LogP contribution < -0.4 is 5.32 Å². The van der Waals surface area contributed by atoms with Gasteiger partial charge in [-0.2, -0.15) is 0 Å². The summed E-state index contributed by atoms with van der Waals surface area (Å²) in [5, 5.41) is 13.6. The van der Waals surface area contributed by atoms with Crippen LogP contribution in [-0.4, -0.2) is 65.5 Å². The standard InChI is InChI=1S/C30H35N3O3/c34-28(21-31-30(36)27-15-13-25(14-16-27)20-24-8-3-1-4-9-24)23-32(22-26-10-5-2-6-11-26)18-19-33-17-7-12-29(33)35/h1-6,8-11,13-16,28,34H,7,12,17-23H2,(H,31,36). The van der Waals surface area contributed by atoms with Gasteiger partial charge in [0.25, 0.3) is 5.91 Å². The molecule has 1 saturated heterocycles. The van der Waals surface area contributed by atoms with Crippen LogP contribution in [0.3, 0.4) is 0 Å². The molecular weight excluding hydrogens is 450 g/mol. The predicted octanol–water partition coefficient (Wildman–Crippen LogP) is 3.49. The minimum atomic E-state index is -0.718. The summed E-state index contributed by atoms with van der Waals surface area (Å²) in [5.41, 5.74) is 4.10. The van der Waals surface area contributed by atoms with Gasteiger partial charge in [0.15, 0.2) is 0 Å². The summed E-state index contributed by atoms with van der Waals surface area (Å²) in [4.78, 5) is 28.7. The van der Waals surface area contributed by atoms with E-state index in [9.17, 15) is 14.7 Å². The van der Waals surface area contributed by atoms with E-state index in [-0.39, 0.29) is 18.4 Å². The number of rotatable bonds is 12. The van der Waals surface area contributed by atoms with Crippen LogP contribution in [0.1, 0.15) is 39.9 Å².